The van der Waals surface area contributed by atoms with Crippen LogP contribution in [-0.4, -0.2) is 42.4 Å². The molecular weight excluding hydrogens is 335 g/mol. The maximum Gasteiger partial charge on any atom is 0.220 e. The fraction of sp³-hybridized carbons (Fsp3) is 0.467. The van der Waals surface area contributed by atoms with Crippen molar-refractivity contribution in [3.8, 4) is 0 Å². The van der Waals surface area contributed by atoms with Crippen LogP contribution in [0.15, 0.2) is 34.3 Å². The van der Waals surface area contributed by atoms with Gasteiger partial charge in [-0.15, -0.1) is 23.2 Å². The molecule has 0 amide bonds. The second-order valence-corrected chi connectivity index (χ2v) is 6.41. The molecule has 2 rings (SSSR count). The molecule has 0 radical (unpaired) electrons. The molecule has 0 spiro atoms. The fourth-order valence-electron chi connectivity index (χ4n) is 2.64. The van der Waals surface area contributed by atoms with E-state index in [2.05, 4.69) is 14.9 Å². The van der Waals surface area contributed by atoms with Crippen molar-refractivity contribution in [3.05, 3.63) is 24.3 Å². The zero-order valence-electron chi connectivity index (χ0n) is 13.3. The number of anilines is 2. The van der Waals surface area contributed by atoms with Crippen molar-refractivity contribution in [1.82, 2.24) is 0 Å². The third-order valence-electron chi connectivity index (χ3n) is 3.58. The van der Waals surface area contributed by atoms with E-state index in [0.29, 0.717) is 17.7 Å². The minimum Gasteiger partial charge on any atom is -0.369 e. The molecule has 0 fully saturated rings. The average Bonchev–Trinajstić information content (AvgIpc) is 2.46. The third-order valence-corrected chi connectivity index (χ3v) is 3.91. The van der Waals surface area contributed by atoms with Gasteiger partial charge in [-0.3, -0.25) is 4.90 Å². The van der Waals surface area contributed by atoms with E-state index in [-0.39, 0.29) is 5.96 Å². The molecule has 1 aromatic carbocycles. The molecule has 6 nitrogen and oxygen atoms in total. The average molecular weight is 357 g/mol. The van der Waals surface area contributed by atoms with E-state index < -0.39 is 5.66 Å². The lowest BCUT2D eigenvalue weighted by Crippen LogP contribution is -2.54. The Balaban J connectivity index is 2.27. The first-order valence-electron chi connectivity index (χ1n) is 7.35. The Morgan fingerprint density at radius 3 is 2.13 bits per heavy atom. The molecule has 126 valence electrons. The van der Waals surface area contributed by atoms with Crippen LogP contribution in [0.1, 0.15) is 13.8 Å². The molecule has 1 aliphatic rings. The van der Waals surface area contributed by atoms with Crippen molar-refractivity contribution in [2.24, 2.45) is 21.5 Å². The van der Waals surface area contributed by atoms with E-state index in [1.807, 2.05) is 43.0 Å². The van der Waals surface area contributed by atoms with Gasteiger partial charge in [-0.2, -0.15) is 4.99 Å². The number of benzene rings is 1. The van der Waals surface area contributed by atoms with E-state index in [1.54, 1.807) is 0 Å². The number of alkyl halides is 2. The minimum absolute atomic E-state index is 0.191. The van der Waals surface area contributed by atoms with Gasteiger partial charge in [-0.25, -0.2) is 4.99 Å². The van der Waals surface area contributed by atoms with E-state index >= 15 is 0 Å². The fourth-order valence-corrected chi connectivity index (χ4v) is 3.05. The van der Waals surface area contributed by atoms with Crippen LogP contribution in [0.4, 0.5) is 11.4 Å². The van der Waals surface area contributed by atoms with Gasteiger partial charge in [-0.05, 0) is 38.1 Å². The first-order valence-corrected chi connectivity index (χ1v) is 8.42. The zero-order chi connectivity index (χ0) is 17.0. The second kappa shape index (κ2) is 7.27. The van der Waals surface area contributed by atoms with Crippen molar-refractivity contribution in [3.63, 3.8) is 0 Å². The highest BCUT2D eigenvalue weighted by Gasteiger charge is 2.32. The molecule has 1 aromatic rings. The monoisotopic (exact) mass is 356 g/mol. The number of hydrogen-bond acceptors (Lipinski definition) is 6. The van der Waals surface area contributed by atoms with Crippen molar-refractivity contribution in [1.29, 1.82) is 0 Å². The lowest BCUT2D eigenvalue weighted by molar-refractivity contribution is 0.534. The quantitative estimate of drug-likeness (QED) is 0.765. The summed E-state index contributed by atoms with van der Waals surface area (Å²) in [6.45, 7) is 5.35. The molecule has 0 unspecified atom stereocenters. The van der Waals surface area contributed by atoms with Crippen LogP contribution >= 0.6 is 23.2 Å². The van der Waals surface area contributed by atoms with Gasteiger partial charge in [-0.1, -0.05) is 0 Å². The lowest BCUT2D eigenvalue weighted by atomic mass is 10.1. The van der Waals surface area contributed by atoms with Crippen LogP contribution in [0.5, 0.6) is 0 Å². The molecule has 23 heavy (non-hydrogen) atoms. The third kappa shape index (κ3) is 4.00. The molecule has 8 heteroatoms. The highest BCUT2D eigenvalue weighted by atomic mass is 35.5. The molecule has 0 atom stereocenters. The number of aliphatic imine (C=N–C) groups is 2. The summed E-state index contributed by atoms with van der Waals surface area (Å²) in [7, 11) is 0. The van der Waals surface area contributed by atoms with Gasteiger partial charge in [0.2, 0.25) is 11.9 Å². The zero-order valence-corrected chi connectivity index (χ0v) is 14.8. The summed E-state index contributed by atoms with van der Waals surface area (Å²) in [6, 6.07) is 7.98. The Labute approximate surface area is 146 Å². The number of nitrogens with two attached hydrogens (primary N) is 2. The van der Waals surface area contributed by atoms with Gasteiger partial charge in [0.15, 0.2) is 0 Å². The topological polar surface area (TPSA) is 83.2 Å². The second-order valence-electron chi connectivity index (χ2n) is 5.65. The van der Waals surface area contributed by atoms with Crippen LogP contribution in [0.2, 0.25) is 0 Å². The van der Waals surface area contributed by atoms with Gasteiger partial charge in [0.05, 0.1) is 0 Å². The molecule has 0 bridgehead atoms. The predicted molar refractivity (Wildman–Crippen MR) is 99.9 cm³/mol. The Morgan fingerprint density at radius 2 is 1.65 bits per heavy atom. The first kappa shape index (κ1) is 17.7. The van der Waals surface area contributed by atoms with E-state index in [9.17, 15) is 0 Å². The van der Waals surface area contributed by atoms with Gasteiger partial charge >= 0.3 is 0 Å². The van der Waals surface area contributed by atoms with Gasteiger partial charge < -0.3 is 16.4 Å². The molecule has 1 heterocycles. The molecule has 0 saturated carbocycles. The van der Waals surface area contributed by atoms with Crippen molar-refractivity contribution in [2.45, 2.75) is 19.5 Å². The summed E-state index contributed by atoms with van der Waals surface area (Å²) in [5.74, 6) is 1.61. The Hall–Kier alpha value is -1.66. The van der Waals surface area contributed by atoms with Crippen molar-refractivity contribution < 1.29 is 0 Å². The minimum atomic E-state index is -0.594. The summed E-state index contributed by atoms with van der Waals surface area (Å²) in [6.07, 6.45) is 0. The summed E-state index contributed by atoms with van der Waals surface area (Å²) >= 11 is 11.7. The van der Waals surface area contributed by atoms with Crippen LogP contribution in [0.3, 0.4) is 0 Å². The highest BCUT2D eigenvalue weighted by Crippen LogP contribution is 2.29. The Kier molecular flexibility index (Phi) is 5.59. The maximum absolute atomic E-state index is 6.04. The molecule has 4 N–H and O–H groups in total. The van der Waals surface area contributed by atoms with Crippen molar-refractivity contribution >= 4 is 46.5 Å². The van der Waals surface area contributed by atoms with E-state index in [1.165, 1.54) is 0 Å². The largest absolute Gasteiger partial charge is 0.369 e. The van der Waals surface area contributed by atoms with Gasteiger partial charge in [0.1, 0.15) is 5.66 Å². The maximum atomic E-state index is 6.04. The summed E-state index contributed by atoms with van der Waals surface area (Å²) in [4.78, 5) is 12.4. The number of guanidine groups is 2. The number of rotatable bonds is 6. The van der Waals surface area contributed by atoms with E-state index in [4.69, 9.17) is 34.7 Å². The van der Waals surface area contributed by atoms with Crippen LogP contribution in [0, 0.1) is 0 Å². The number of halogens is 2. The van der Waals surface area contributed by atoms with Crippen molar-refractivity contribution in [2.75, 3.05) is 34.6 Å². The smallest absolute Gasteiger partial charge is 0.220 e. The van der Waals surface area contributed by atoms with Gasteiger partial charge in [0.25, 0.3) is 0 Å². The summed E-state index contributed by atoms with van der Waals surface area (Å²) in [5, 5.41) is 0. The number of nitrogens with zero attached hydrogens (tertiary/aromatic N) is 4. The molecule has 0 saturated heterocycles. The SMILES string of the molecule is CC1(C)N=C(N)N=C(N)N1c1ccc(N(CCCl)CCCl)cc1. The Bertz CT molecular complexity index is 590. The normalized spacial score (nSPS) is 16.8. The lowest BCUT2D eigenvalue weighted by Gasteiger charge is -2.38. The first-order chi connectivity index (χ1) is 10.9. The van der Waals surface area contributed by atoms with Crippen LogP contribution in [0.25, 0.3) is 0 Å². The molecule has 0 aliphatic carbocycles. The van der Waals surface area contributed by atoms with Crippen LogP contribution in [-0.2, 0) is 0 Å². The summed E-state index contributed by atoms with van der Waals surface area (Å²) < 4.78 is 0. The molecule has 0 aromatic heterocycles. The molecule has 1 aliphatic heterocycles. The molecular formula is C15H22Cl2N6. The number of hydrogen-bond donors (Lipinski definition) is 2. The Morgan fingerprint density at radius 1 is 1.09 bits per heavy atom. The standard InChI is InChI=1S/C15H22Cl2N6/c1-15(2)21-13(18)20-14(19)23(15)12-5-3-11(4-6-12)22(9-7-16)10-8-17/h3-6H,7-10H2,1-2H3,(H4,18,19,20,21). The van der Waals surface area contributed by atoms with Crippen LogP contribution < -0.4 is 21.3 Å². The highest BCUT2D eigenvalue weighted by molar-refractivity contribution is 6.18. The van der Waals surface area contributed by atoms with E-state index in [0.717, 1.165) is 24.5 Å². The summed E-state index contributed by atoms with van der Waals surface area (Å²) in [5.41, 5.74) is 13.1. The predicted octanol–water partition coefficient (Wildman–Crippen LogP) is 2.16. The van der Waals surface area contributed by atoms with Gasteiger partial charge in [0, 0.05) is 36.2 Å².